The molecule has 4 saturated carbocycles. The molecule has 3 heterocycles. The molecule has 7 heteroatoms. The molecule has 3 N–H and O–H groups in total. The Morgan fingerprint density at radius 1 is 1.29 bits per heavy atom. The number of hydrogen-bond acceptors (Lipinski definition) is 5. The average molecular weight is 378 g/mol. The number of fused-ring (bicyclic) bond motifs is 3. The van der Waals surface area contributed by atoms with Gasteiger partial charge in [0.1, 0.15) is 5.65 Å². The molecule has 4 fully saturated rings. The van der Waals surface area contributed by atoms with E-state index in [1.165, 1.54) is 12.8 Å². The van der Waals surface area contributed by atoms with E-state index in [0.717, 1.165) is 60.0 Å². The van der Waals surface area contributed by atoms with Crippen LogP contribution in [0.5, 0.6) is 0 Å². The number of hydrogen-bond donors (Lipinski definition) is 3. The molecule has 5 aliphatic rings. The maximum Gasteiger partial charge on any atom is 0.468 e. The molecule has 5 atom stereocenters. The highest BCUT2D eigenvalue weighted by molar-refractivity contribution is 6.66. The molecule has 0 aromatic carbocycles. The molecule has 0 saturated heterocycles. The fraction of sp³-hybridized carbons (Fsp3) is 0.619. The van der Waals surface area contributed by atoms with Crippen molar-refractivity contribution in [1.82, 2.24) is 14.9 Å². The molecule has 3 unspecified atom stereocenters. The Kier molecular flexibility index (Phi) is 3.55. The van der Waals surface area contributed by atoms with Crippen LogP contribution >= 0.6 is 0 Å². The Morgan fingerprint density at radius 2 is 2.07 bits per heavy atom. The zero-order valence-corrected chi connectivity index (χ0v) is 16.3. The smallest absolute Gasteiger partial charge is 0.428 e. The summed E-state index contributed by atoms with van der Waals surface area (Å²) in [5, 5.41) is 28.1. The summed E-state index contributed by atoms with van der Waals surface area (Å²) in [6.07, 6.45) is 9.86. The van der Waals surface area contributed by atoms with Gasteiger partial charge in [0.25, 0.3) is 0 Å². The van der Waals surface area contributed by atoms with Gasteiger partial charge in [0.2, 0.25) is 0 Å². The highest BCUT2D eigenvalue weighted by atomic mass is 16.3. The lowest BCUT2D eigenvalue weighted by atomic mass is 9.48. The summed E-state index contributed by atoms with van der Waals surface area (Å²) in [6, 6.07) is 2.06. The zero-order chi connectivity index (χ0) is 19.0. The van der Waals surface area contributed by atoms with Gasteiger partial charge >= 0.3 is 7.05 Å². The van der Waals surface area contributed by atoms with Crippen LogP contribution in [0.2, 0.25) is 0 Å². The third-order valence-electron chi connectivity index (χ3n) is 7.68. The first-order valence-electron chi connectivity index (χ1n) is 10.8. The number of H-pyrrole nitrogens is 1. The largest absolute Gasteiger partial charge is 0.468 e. The summed E-state index contributed by atoms with van der Waals surface area (Å²) < 4.78 is 0. The Labute approximate surface area is 165 Å². The van der Waals surface area contributed by atoms with Crippen molar-refractivity contribution in [1.29, 1.82) is 0 Å². The summed E-state index contributed by atoms with van der Waals surface area (Å²) in [7, 11) is -0.744. The third-order valence-corrected chi connectivity index (χ3v) is 7.68. The van der Waals surface area contributed by atoms with Crippen molar-refractivity contribution in [2.45, 2.75) is 51.0 Å². The van der Waals surface area contributed by atoms with Crippen LogP contribution in [-0.2, 0) is 0 Å². The summed E-state index contributed by atoms with van der Waals surface area (Å²) in [6.45, 7) is 2.84. The van der Waals surface area contributed by atoms with Crippen molar-refractivity contribution >= 4 is 29.3 Å². The fourth-order valence-electron chi connectivity index (χ4n) is 6.97. The second-order valence-corrected chi connectivity index (χ2v) is 9.57. The normalized spacial score (nSPS) is 36.2. The fourth-order valence-corrected chi connectivity index (χ4v) is 6.97. The van der Waals surface area contributed by atoms with Crippen molar-refractivity contribution in [3.63, 3.8) is 0 Å². The van der Waals surface area contributed by atoms with Crippen LogP contribution < -0.4 is 5.46 Å². The standard InChI is InChI=1S/C21H27BN4O2/c1-2-5-26-22(28)16-11-24-20-15(3-4-23-20)18(16)19(25-26)17-13-6-12-7-14(17)10-21(27,8-12)9-13/h3-4,11-14,17,27-28H,2,5-10H2,1H3,(H,23,24)/t12?,13-,14+,17?,21?. The van der Waals surface area contributed by atoms with Crippen LogP contribution in [0.1, 0.15) is 51.0 Å². The molecule has 146 valence electrons. The van der Waals surface area contributed by atoms with Gasteiger partial charge in [-0.2, -0.15) is 5.10 Å². The first-order valence-corrected chi connectivity index (χ1v) is 10.8. The second-order valence-electron chi connectivity index (χ2n) is 9.57. The Morgan fingerprint density at radius 3 is 2.79 bits per heavy atom. The molecule has 2 aromatic rings. The maximum absolute atomic E-state index is 11.0. The predicted octanol–water partition coefficient (Wildman–Crippen LogP) is 1.87. The molecule has 4 bridgehead atoms. The van der Waals surface area contributed by atoms with E-state index in [1.54, 1.807) is 0 Å². The highest BCUT2D eigenvalue weighted by Gasteiger charge is 2.57. The summed E-state index contributed by atoms with van der Waals surface area (Å²) in [5.74, 6) is 2.01. The van der Waals surface area contributed by atoms with Crippen molar-refractivity contribution < 1.29 is 10.1 Å². The van der Waals surface area contributed by atoms with E-state index in [2.05, 4.69) is 23.0 Å². The first kappa shape index (κ1) is 17.0. The van der Waals surface area contributed by atoms with Crippen LogP contribution in [0.15, 0.2) is 23.6 Å². The van der Waals surface area contributed by atoms with Gasteiger partial charge in [-0.15, -0.1) is 0 Å². The molecule has 6 nitrogen and oxygen atoms in total. The average Bonchev–Trinajstić information content (AvgIpc) is 3.12. The van der Waals surface area contributed by atoms with Gasteiger partial charge in [0.15, 0.2) is 0 Å². The van der Waals surface area contributed by atoms with Crippen LogP contribution in [0.4, 0.5) is 0 Å². The van der Waals surface area contributed by atoms with E-state index in [9.17, 15) is 10.1 Å². The maximum atomic E-state index is 11.0. The highest BCUT2D eigenvalue weighted by Crippen LogP contribution is 2.59. The lowest BCUT2D eigenvalue weighted by Gasteiger charge is -2.58. The van der Waals surface area contributed by atoms with Crippen molar-refractivity contribution in [3.05, 3.63) is 24.0 Å². The Balaban J connectivity index is 1.52. The molecule has 2 aromatic heterocycles. The van der Waals surface area contributed by atoms with Crippen LogP contribution in [0.3, 0.4) is 0 Å². The Hall–Kier alpha value is -1.86. The number of aromatic nitrogens is 2. The van der Waals surface area contributed by atoms with E-state index in [4.69, 9.17) is 5.10 Å². The van der Waals surface area contributed by atoms with Gasteiger partial charge in [0, 0.05) is 41.3 Å². The molecule has 4 aliphatic carbocycles. The van der Waals surface area contributed by atoms with Gasteiger partial charge in [-0.3, -0.25) is 0 Å². The van der Waals surface area contributed by atoms with Crippen molar-refractivity contribution in [2.24, 2.45) is 28.8 Å². The van der Waals surface area contributed by atoms with E-state index in [1.807, 2.05) is 17.3 Å². The van der Waals surface area contributed by atoms with E-state index in [0.29, 0.717) is 23.7 Å². The minimum atomic E-state index is -0.744. The van der Waals surface area contributed by atoms with Crippen molar-refractivity contribution in [2.75, 3.05) is 6.54 Å². The van der Waals surface area contributed by atoms with E-state index >= 15 is 0 Å². The summed E-state index contributed by atoms with van der Waals surface area (Å²) in [4.78, 5) is 9.60. The number of hydrazone groups is 1. The molecular weight excluding hydrogens is 351 g/mol. The molecule has 0 radical (unpaired) electrons. The van der Waals surface area contributed by atoms with Gasteiger partial charge < -0.3 is 20.0 Å². The SMILES string of the molecule is CCCN1N=C(C2[C@@H]3CC4C[C@H]2CC(O)(C4)C3)c2c(cnc3[nH]ccc23)B1O. The van der Waals surface area contributed by atoms with E-state index < -0.39 is 12.7 Å². The first-order chi connectivity index (χ1) is 13.6. The number of aromatic amines is 1. The van der Waals surface area contributed by atoms with Crippen molar-refractivity contribution in [3.8, 4) is 0 Å². The molecule has 1 aliphatic heterocycles. The predicted molar refractivity (Wildman–Crippen MR) is 109 cm³/mol. The topological polar surface area (TPSA) is 84.7 Å². The molecule has 0 spiro atoms. The van der Waals surface area contributed by atoms with Gasteiger partial charge in [0.05, 0.1) is 11.3 Å². The van der Waals surface area contributed by atoms with E-state index in [-0.39, 0.29) is 0 Å². The second kappa shape index (κ2) is 5.83. The lowest BCUT2D eigenvalue weighted by molar-refractivity contribution is -0.138. The summed E-state index contributed by atoms with van der Waals surface area (Å²) >= 11 is 0. The van der Waals surface area contributed by atoms with Crippen LogP contribution in [0, 0.1) is 23.7 Å². The third kappa shape index (κ3) is 2.29. The molecule has 28 heavy (non-hydrogen) atoms. The van der Waals surface area contributed by atoms with Gasteiger partial charge in [-0.1, -0.05) is 6.92 Å². The minimum absolute atomic E-state index is 0.364. The molecule has 0 amide bonds. The zero-order valence-electron chi connectivity index (χ0n) is 16.3. The lowest BCUT2D eigenvalue weighted by Crippen LogP contribution is -2.59. The van der Waals surface area contributed by atoms with Gasteiger partial charge in [-0.05, 0) is 62.3 Å². The number of pyridine rings is 1. The Bertz CT molecular complexity index is 956. The number of nitrogens with one attached hydrogen (secondary N) is 1. The summed E-state index contributed by atoms with van der Waals surface area (Å²) in [5.41, 5.74) is 3.48. The number of rotatable bonds is 3. The molecular formula is C21H27BN4O2. The quantitative estimate of drug-likeness (QED) is 0.712. The van der Waals surface area contributed by atoms with Crippen LogP contribution in [-0.4, -0.2) is 49.9 Å². The number of aliphatic hydroxyl groups is 1. The van der Waals surface area contributed by atoms with Gasteiger partial charge in [-0.25, -0.2) is 4.98 Å². The monoisotopic (exact) mass is 378 g/mol. The minimum Gasteiger partial charge on any atom is -0.428 e. The molecule has 7 rings (SSSR count). The number of nitrogens with zero attached hydrogens (tertiary/aromatic N) is 3. The van der Waals surface area contributed by atoms with Crippen LogP contribution in [0.25, 0.3) is 11.0 Å².